The average molecular weight is 419 g/mol. The molecule has 0 saturated heterocycles. The highest BCUT2D eigenvalue weighted by molar-refractivity contribution is 6.06. The molecule has 2 N–H and O–H groups in total. The van der Waals surface area contributed by atoms with Gasteiger partial charge in [0.2, 0.25) is 0 Å². The van der Waals surface area contributed by atoms with Gasteiger partial charge in [0.1, 0.15) is 0 Å². The van der Waals surface area contributed by atoms with Crippen LogP contribution in [-0.2, 0) is 10.2 Å². The molecule has 0 bridgehead atoms. The Morgan fingerprint density at radius 2 is 1.73 bits per heavy atom. The molecule has 1 atom stereocenters. The van der Waals surface area contributed by atoms with Crippen LogP contribution in [0, 0.1) is 24.4 Å². The largest absolute Gasteiger partial charge is 0.505 e. The fourth-order valence-electron chi connectivity index (χ4n) is 3.98. The van der Waals surface area contributed by atoms with Gasteiger partial charge in [-0.15, -0.1) is 0 Å². The number of aliphatic carboxylic acids is 1. The van der Waals surface area contributed by atoms with Crippen molar-refractivity contribution < 1.29 is 33.0 Å². The van der Waals surface area contributed by atoms with Crippen LogP contribution >= 0.6 is 0 Å². The highest BCUT2D eigenvalue weighted by Crippen LogP contribution is 2.41. The number of rotatable bonds is 5. The first kappa shape index (κ1) is 21.4. The van der Waals surface area contributed by atoms with E-state index in [0.717, 1.165) is 34.9 Å². The minimum atomic E-state index is -1.43. The van der Waals surface area contributed by atoms with Crippen LogP contribution < -0.4 is 0 Å². The number of phenols is 1. The highest BCUT2D eigenvalue weighted by Gasteiger charge is 2.40. The molecule has 0 fully saturated rings. The van der Waals surface area contributed by atoms with Crippen molar-refractivity contribution in [2.45, 2.75) is 39.0 Å². The van der Waals surface area contributed by atoms with E-state index in [2.05, 4.69) is 0 Å². The van der Waals surface area contributed by atoms with Gasteiger partial charge < -0.3 is 10.2 Å². The van der Waals surface area contributed by atoms with Crippen molar-refractivity contribution in [1.82, 2.24) is 4.57 Å². The lowest BCUT2D eigenvalue weighted by Crippen LogP contribution is -2.33. The van der Waals surface area contributed by atoms with Gasteiger partial charge in [0.15, 0.2) is 23.2 Å². The third kappa shape index (κ3) is 3.22. The van der Waals surface area contributed by atoms with Gasteiger partial charge in [0.25, 0.3) is 5.91 Å². The number of nitrogens with zero attached hydrogens (tertiary/aromatic N) is 1. The van der Waals surface area contributed by atoms with Crippen molar-refractivity contribution in [2.24, 2.45) is 0 Å². The minimum absolute atomic E-state index is 0.0242. The van der Waals surface area contributed by atoms with E-state index in [0.29, 0.717) is 6.42 Å². The lowest BCUT2D eigenvalue weighted by molar-refractivity contribution is -0.143. The standard InChI is InChI=1S/C22H20F3NO4/c1-4-7-22(3,21(29)30)19-11(2)26(17-10-16(25)18(27)9-13(17)19)20(28)12-5-6-14(23)15(24)8-12/h5-6,8-10,27H,4,7H2,1-3H3,(H,29,30)/t22-/m1/s1. The van der Waals surface area contributed by atoms with Crippen LogP contribution in [-0.4, -0.2) is 26.7 Å². The highest BCUT2D eigenvalue weighted by atomic mass is 19.2. The number of fused-ring (bicyclic) bond motifs is 1. The van der Waals surface area contributed by atoms with E-state index < -0.39 is 40.5 Å². The Kier molecular flexibility index (Phi) is 5.36. The van der Waals surface area contributed by atoms with Crippen molar-refractivity contribution in [3.63, 3.8) is 0 Å². The summed E-state index contributed by atoms with van der Waals surface area (Å²) in [6.45, 7) is 4.80. The molecule has 0 aliphatic heterocycles. The van der Waals surface area contributed by atoms with Crippen LogP contribution in [0.4, 0.5) is 13.2 Å². The maximum atomic E-state index is 14.2. The van der Waals surface area contributed by atoms with Gasteiger partial charge in [0.05, 0.1) is 10.9 Å². The summed E-state index contributed by atoms with van der Waals surface area (Å²) in [7, 11) is 0. The van der Waals surface area contributed by atoms with Crippen LogP contribution in [0.15, 0.2) is 30.3 Å². The number of halogens is 3. The van der Waals surface area contributed by atoms with Gasteiger partial charge in [-0.1, -0.05) is 13.3 Å². The molecule has 0 radical (unpaired) electrons. The summed E-state index contributed by atoms with van der Waals surface area (Å²) in [6, 6.07) is 4.62. The summed E-state index contributed by atoms with van der Waals surface area (Å²) >= 11 is 0. The van der Waals surface area contributed by atoms with E-state index in [1.165, 1.54) is 13.8 Å². The first-order chi connectivity index (χ1) is 14.0. The van der Waals surface area contributed by atoms with Gasteiger partial charge in [-0.25, -0.2) is 13.2 Å². The fourth-order valence-corrected chi connectivity index (χ4v) is 3.98. The number of aromatic hydroxyl groups is 1. The molecule has 8 heteroatoms. The fraction of sp³-hybridized carbons (Fsp3) is 0.273. The number of carboxylic acid groups (broad SMARTS) is 1. The minimum Gasteiger partial charge on any atom is -0.505 e. The second-order valence-corrected chi connectivity index (χ2v) is 7.44. The van der Waals surface area contributed by atoms with Crippen LogP contribution in [0.25, 0.3) is 10.9 Å². The Morgan fingerprint density at radius 3 is 2.30 bits per heavy atom. The van der Waals surface area contributed by atoms with Crippen molar-refractivity contribution in [2.75, 3.05) is 0 Å². The third-order valence-corrected chi connectivity index (χ3v) is 5.42. The molecule has 30 heavy (non-hydrogen) atoms. The molecule has 0 unspecified atom stereocenters. The van der Waals surface area contributed by atoms with Gasteiger partial charge in [-0.3, -0.25) is 14.2 Å². The first-order valence-electron chi connectivity index (χ1n) is 9.30. The molecule has 158 valence electrons. The van der Waals surface area contributed by atoms with E-state index >= 15 is 0 Å². The van der Waals surface area contributed by atoms with Gasteiger partial charge in [0, 0.05) is 22.7 Å². The number of carbonyl (C=O) groups excluding carboxylic acids is 1. The molecule has 5 nitrogen and oxygen atoms in total. The van der Waals surface area contributed by atoms with Gasteiger partial charge in [-0.05, 0) is 50.1 Å². The molecular formula is C22H20F3NO4. The molecule has 0 amide bonds. The monoisotopic (exact) mass is 419 g/mol. The maximum absolute atomic E-state index is 14.2. The van der Waals surface area contributed by atoms with Crippen LogP contribution in [0.2, 0.25) is 0 Å². The van der Waals surface area contributed by atoms with Crippen molar-refractivity contribution >= 4 is 22.8 Å². The predicted molar refractivity (Wildman–Crippen MR) is 104 cm³/mol. The number of hydrogen-bond acceptors (Lipinski definition) is 3. The lowest BCUT2D eigenvalue weighted by Gasteiger charge is -2.25. The summed E-state index contributed by atoms with van der Waals surface area (Å²) in [5, 5.41) is 20.0. The van der Waals surface area contributed by atoms with Gasteiger partial charge >= 0.3 is 5.97 Å². The molecule has 3 rings (SSSR count). The Hall–Kier alpha value is -3.29. The van der Waals surface area contributed by atoms with Crippen molar-refractivity contribution in [1.29, 1.82) is 0 Å². The molecule has 0 aliphatic rings. The van der Waals surface area contributed by atoms with E-state index in [9.17, 15) is 33.0 Å². The molecule has 1 heterocycles. The predicted octanol–water partition coefficient (Wildman–Crippen LogP) is 4.90. The van der Waals surface area contributed by atoms with E-state index in [1.807, 2.05) is 0 Å². The molecule has 0 saturated carbocycles. The quantitative estimate of drug-likeness (QED) is 0.616. The lowest BCUT2D eigenvalue weighted by atomic mass is 9.77. The number of carbonyl (C=O) groups is 2. The van der Waals surface area contributed by atoms with Crippen molar-refractivity contribution in [3.8, 4) is 5.75 Å². The van der Waals surface area contributed by atoms with Crippen LogP contribution in [0.3, 0.4) is 0 Å². The molecular weight excluding hydrogens is 399 g/mol. The summed E-state index contributed by atoms with van der Waals surface area (Å²) in [5.74, 6) is -5.96. The number of aromatic nitrogens is 1. The summed E-state index contributed by atoms with van der Waals surface area (Å²) < 4.78 is 42.2. The summed E-state index contributed by atoms with van der Waals surface area (Å²) in [5.41, 5.74) is -1.14. The Balaban J connectivity index is 2.39. The smallest absolute Gasteiger partial charge is 0.313 e. The second-order valence-electron chi connectivity index (χ2n) is 7.44. The Morgan fingerprint density at radius 1 is 1.07 bits per heavy atom. The van der Waals surface area contributed by atoms with Crippen LogP contribution in [0.1, 0.15) is 48.3 Å². The number of benzene rings is 2. The first-order valence-corrected chi connectivity index (χ1v) is 9.30. The molecule has 3 aromatic rings. The summed E-state index contributed by atoms with van der Waals surface area (Å²) in [6.07, 6.45) is 0.735. The van der Waals surface area contributed by atoms with Crippen LogP contribution in [0.5, 0.6) is 5.75 Å². The number of carboxylic acids is 1. The summed E-state index contributed by atoms with van der Waals surface area (Å²) in [4.78, 5) is 25.3. The van der Waals surface area contributed by atoms with E-state index in [1.54, 1.807) is 6.92 Å². The normalized spacial score (nSPS) is 13.4. The number of hydrogen-bond donors (Lipinski definition) is 2. The zero-order valence-corrected chi connectivity index (χ0v) is 16.6. The molecule has 0 spiro atoms. The van der Waals surface area contributed by atoms with E-state index in [-0.39, 0.29) is 34.1 Å². The average Bonchev–Trinajstić information content (AvgIpc) is 2.95. The zero-order chi connectivity index (χ0) is 22.4. The van der Waals surface area contributed by atoms with Gasteiger partial charge in [-0.2, -0.15) is 0 Å². The second kappa shape index (κ2) is 7.51. The molecule has 0 aliphatic carbocycles. The van der Waals surface area contributed by atoms with Crippen molar-refractivity contribution in [3.05, 3.63) is 64.6 Å². The number of phenolic OH excluding ortho intramolecular Hbond substituents is 1. The Labute approximate surface area is 170 Å². The maximum Gasteiger partial charge on any atom is 0.313 e. The molecule has 1 aromatic heterocycles. The third-order valence-electron chi connectivity index (χ3n) is 5.42. The molecule has 2 aromatic carbocycles. The Bertz CT molecular complexity index is 1190. The van der Waals surface area contributed by atoms with E-state index in [4.69, 9.17) is 0 Å². The zero-order valence-electron chi connectivity index (χ0n) is 16.6. The SMILES string of the molecule is CCC[C@@](C)(C(=O)O)c1c(C)n(C(=O)c2ccc(F)c(F)c2)c2cc(F)c(O)cc12. The topological polar surface area (TPSA) is 79.5 Å².